The number of nitrogens with one attached hydrogen (secondary N) is 1. The molecular weight excluding hydrogens is 387 g/mol. The van der Waals surface area contributed by atoms with Gasteiger partial charge < -0.3 is 13.9 Å². The molecule has 1 aliphatic heterocycles. The lowest BCUT2D eigenvalue weighted by molar-refractivity contribution is 0.147. The van der Waals surface area contributed by atoms with E-state index in [0.717, 1.165) is 44.5 Å². The van der Waals surface area contributed by atoms with Crippen molar-refractivity contribution in [1.29, 1.82) is 0 Å². The molecule has 1 unspecified atom stereocenters. The first-order valence-corrected chi connectivity index (χ1v) is 10.6. The molecule has 1 atom stereocenters. The number of nitrogens with zero attached hydrogens (tertiary/aromatic N) is 1. The van der Waals surface area contributed by atoms with E-state index in [-0.39, 0.29) is 24.1 Å². The van der Waals surface area contributed by atoms with Crippen LogP contribution in [0.4, 0.5) is 4.39 Å². The maximum absolute atomic E-state index is 14.4. The highest BCUT2D eigenvalue weighted by Gasteiger charge is 2.28. The van der Waals surface area contributed by atoms with Gasteiger partial charge in [0.15, 0.2) is 11.5 Å². The second-order valence-electron chi connectivity index (χ2n) is 6.62. The number of piperidine rings is 1. The minimum absolute atomic E-state index is 0.0730. The monoisotopic (exact) mass is 412 g/mol. The van der Waals surface area contributed by atoms with Crippen molar-refractivity contribution >= 4 is 10.0 Å². The summed E-state index contributed by atoms with van der Waals surface area (Å²) < 4.78 is 58.1. The first kappa shape index (κ1) is 20.6. The number of likely N-dealkylation sites (tertiary alicyclic amines) is 1. The molecule has 1 aromatic carbocycles. The van der Waals surface area contributed by atoms with E-state index in [4.69, 9.17) is 13.9 Å². The number of methoxy groups -OCH3 is 2. The van der Waals surface area contributed by atoms with Gasteiger partial charge in [-0.3, -0.25) is 4.90 Å². The third kappa shape index (κ3) is 4.48. The maximum atomic E-state index is 14.4. The molecule has 28 heavy (non-hydrogen) atoms. The van der Waals surface area contributed by atoms with Crippen LogP contribution in [-0.4, -0.2) is 47.2 Å². The van der Waals surface area contributed by atoms with E-state index in [2.05, 4.69) is 9.62 Å². The molecule has 1 aliphatic rings. The van der Waals surface area contributed by atoms with Crippen LogP contribution in [0.5, 0.6) is 11.5 Å². The van der Waals surface area contributed by atoms with Gasteiger partial charge in [0.05, 0.1) is 26.5 Å². The molecule has 3 rings (SSSR count). The number of rotatable bonds is 8. The molecule has 1 N–H and O–H groups in total. The van der Waals surface area contributed by atoms with Crippen molar-refractivity contribution < 1.29 is 26.7 Å². The molecule has 0 amide bonds. The lowest BCUT2D eigenvalue weighted by atomic mass is 10.1. The van der Waals surface area contributed by atoms with E-state index in [1.54, 1.807) is 12.3 Å². The molecule has 2 heterocycles. The summed E-state index contributed by atoms with van der Waals surface area (Å²) in [5.74, 6) is 0.0404. The lowest BCUT2D eigenvalue weighted by Crippen LogP contribution is -2.40. The summed E-state index contributed by atoms with van der Waals surface area (Å²) in [6, 6.07) is 5.47. The zero-order valence-electron chi connectivity index (χ0n) is 16.0. The van der Waals surface area contributed by atoms with Crippen molar-refractivity contribution in [2.75, 3.05) is 33.9 Å². The lowest BCUT2D eigenvalue weighted by Gasteiger charge is -2.33. The van der Waals surface area contributed by atoms with Crippen LogP contribution in [0.15, 0.2) is 39.8 Å². The normalized spacial score (nSPS) is 16.7. The number of benzene rings is 1. The van der Waals surface area contributed by atoms with Crippen molar-refractivity contribution in [1.82, 2.24) is 9.62 Å². The Labute approximate surface area is 164 Å². The van der Waals surface area contributed by atoms with E-state index in [9.17, 15) is 12.8 Å². The van der Waals surface area contributed by atoms with Crippen LogP contribution >= 0.6 is 0 Å². The van der Waals surface area contributed by atoms with Crippen molar-refractivity contribution in [3.8, 4) is 11.5 Å². The first-order valence-electron chi connectivity index (χ1n) is 9.15. The fourth-order valence-electron chi connectivity index (χ4n) is 3.43. The van der Waals surface area contributed by atoms with Crippen molar-refractivity contribution in [3.63, 3.8) is 0 Å². The predicted molar refractivity (Wildman–Crippen MR) is 102 cm³/mol. The number of hydrogen-bond donors (Lipinski definition) is 1. The second kappa shape index (κ2) is 8.93. The summed E-state index contributed by atoms with van der Waals surface area (Å²) in [6.45, 7) is 1.79. The van der Waals surface area contributed by atoms with Gasteiger partial charge in [0.2, 0.25) is 10.0 Å². The Morgan fingerprint density at radius 1 is 1.18 bits per heavy atom. The van der Waals surface area contributed by atoms with E-state index in [0.29, 0.717) is 5.76 Å². The average Bonchev–Trinajstić information content (AvgIpc) is 3.23. The summed E-state index contributed by atoms with van der Waals surface area (Å²) in [6.07, 6.45) is 4.82. The van der Waals surface area contributed by atoms with E-state index in [1.807, 2.05) is 6.07 Å². The van der Waals surface area contributed by atoms with Crippen molar-refractivity contribution in [3.05, 3.63) is 42.1 Å². The molecule has 0 radical (unpaired) electrons. The first-order chi connectivity index (χ1) is 13.5. The molecule has 1 saturated heterocycles. The van der Waals surface area contributed by atoms with Gasteiger partial charge in [0, 0.05) is 18.7 Å². The molecule has 1 fully saturated rings. The average molecular weight is 412 g/mol. The van der Waals surface area contributed by atoms with E-state index >= 15 is 0 Å². The molecule has 0 spiro atoms. The Morgan fingerprint density at radius 2 is 1.86 bits per heavy atom. The fraction of sp³-hybridized carbons (Fsp3) is 0.474. The van der Waals surface area contributed by atoms with Crippen LogP contribution < -0.4 is 14.2 Å². The largest absolute Gasteiger partial charge is 0.493 e. The highest BCUT2D eigenvalue weighted by molar-refractivity contribution is 7.89. The van der Waals surface area contributed by atoms with Gasteiger partial charge in [0.25, 0.3) is 0 Å². The quantitative estimate of drug-likeness (QED) is 0.718. The summed E-state index contributed by atoms with van der Waals surface area (Å²) >= 11 is 0. The Hall–Kier alpha value is -2.10. The number of ether oxygens (including phenoxy) is 2. The van der Waals surface area contributed by atoms with Gasteiger partial charge >= 0.3 is 0 Å². The molecule has 2 aromatic rings. The third-order valence-corrected chi connectivity index (χ3v) is 6.34. The summed E-state index contributed by atoms with van der Waals surface area (Å²) in [5.41, 5.74) is 0. The molecule has 154 valence electrons. The predicted octanol–water partition coefficient (Wildman–Crippen LogP) is 2.94. The zero-order chi connectivity index (χ0) is 20.1. The van der Waals surface area contributed by atoms with Gasteiger partial charge in [-0.15, -0.1) is 0 Å². The van der Waals surface area contributed by atoms with Crippen LogP contribution in [-0.2, 0) is 10.0 Å². The second-order valence-corrected chi connectivity index (χ2v) is 8.35. The maximum Gasteiger partial charge on any atom is 0.243 e. The van der Waals surface area contributed by atoms with Gasteiger partial charge in [0.1, 0.15) is 16.5 Å². The topological polar surface area (TPSA) is 81.0 Å². The zero-order valence-corrected chi connectivity index (χ0v) is 16.8. The van der Waals surface area contributed by atoms with Gasteiger partial charge in [-0.05, 0) is 38.1 Å². The van der Waals surface area contributed by atoms with E-state index < -0.39 is 20.7 Å². The Bertz CT molecular complexity index is 880. The number of hydrogen-bond acceptors (Lipinski definition) is 6. The Balaban J connectivity index is 1.82. The smallest absolute Gasteiger partial charge is 0.243 e. The summed E-state index contributed by atoms with van der Waals surface area (Å²) in [4.78, 5) is 1.71. The molecule has 9 heteroatoms. The van der Waals surface area contributed by atoms with Crippen molar-refractivity contribution in [2.24, 2.45) is 0 Å². The van der Waals surface area contributed by atoms with Crippen LogP contribution in [0.1, 0.15) is 31.1 Å². The molecule has 1 aromatic heterocycles. The highest BCUT2D eigenvalue weighted by atomic mass is 32.2. The molecule has 0 aliphatic carbocycles. The summed E-state index contributed by atoms with van der Waals surface area (Å²) in [5, 5.41) is 0. The summed E-state index contributed by atoms with van der Waals surface area (Å²) in [7, 11) is -1.38. The number of sulfonamides is 1. The number of furan rings is 1. The van der Waals surface area contributed by atoms with Gasteiger partial charge in [-0.25, -0.2) is 17.5 Å². The standard InChI is InChI=1S/C19H25FN2O5S/c1-25-17-11-14(20)19(12-18(17)26-2)28(23,24)21-13-15(16-7-6-10-27-16)22-8-4-3-5-9-22/h6-7,10-12,15,21H,3-5,8-9,13H2,1-2H3. The molecule has 7 nitrogen and oxygen atoms in total. The van der Waals surface area contributed by atoms with Gasteiger partial charge in [-0.1, -0.05) is 6.42 Å². The highest BCUT2D eigenvalue weighted by Crippen LogP contribution is 2.32. The van der Waals surface area contributed by atoms with Crippen molar-refractivity contribution in [2.45, 2.75) is 30.2 Å². The van der Waals surface area contributed by atoms with Crippen LogP contribution in [0.25, 0.3) is 0 Å². The van der Waals surface area contributed by atoms with Crippen LogP contribution in [0, 0.1) is 5.82 Å². The van der Waals surface area contributed by atoms with Crippen LogP contribution in [0.3, 0.4) is 0 Å². The van der Waals surface area contributed by atoms with Crippen LogP contribution in [0.2, 0.25) is 0 Å². The molecular formula is C19H25FN2O5S. The Morgan fingerprint density at radius 3 is 2.46 bits per heavy atom. The van der Waals surface area contributed by atoms with E-state index in [1.165, 1.54) is 14.2 Å². The third-order valence-electron chi connectivity index (χ3n) is 4.90. The minimum Gasteiger partial charge on any atom is -0.493 e. The van der Waals surface area contributed by atoms with Gasteiger partial charge in [-0.2, -0.15) is 0 Å². The number of halogens is 1. The SMILES string of the molecule is COc1cc(F)c(S(=O)(=O)NCC(c2ccco2)N2CCCCC2)cc1OC. The minimum atomic E-state index is -4.10. The molecule has 0 saturated carbocycles. The Kier molecular flexibility index (Phi) is 6.58. The molecule has 0 bridgehead atoms. The fourth-order valence-corrected chi connectivity index (χ4v) is 4.54.